The van der Waals surface area contributed by atoms with Crippen LogP contribution in [-0.2, 0) is 22.6 Å². The summed E-state index contributed by atoms with van der Waals surface area (Å²) in [6.45, 7) is 5.49. The van der Waals surface area contributed by atoms with Crippen molar-refractivity contribution >= 4 is 11.8 Å². The van der Waals surface area contributed by atoms with Crippen LogP contribution in [0.15, 0.2) is 78.9 Å². The minimum Gasteiger partial charge on any atom is -0.484 e. The number of carbonyl (C=O) groups is 2. The highest BCUT2D eigenvalue weighted by Crippen LogP contribution is 2.19. The Morgan fingerprint density at radius 2 is 1.63 bits per heavy atom. The maximum Gasteiger partial charge on any atom is 0.261 e. The first kappa shape index (κ1) is 25.9. The van der Waals surface area contributed by atoms with Gasteiger partial charge in [-0.1, -0.05) is 73.7 Å². The number of nitrogens with zero attached hydrogens (tertiary/aromatic N) is 1. The third kappa shape index (κ3) is 7.41. The first-order valence-corrected chi connectivity index (χ1v) is 11.9. The van der Waals surface area contributed by atoms with Gasteiger partial charge in [-0.15, -0.1) is 0 Å². The molecule has 0 aliphatic carbocycles. The Balaban J connectivity index is 1.93. The summed E-state index contributed by atoms with van der Waals surface area (Å²) in [5.41, 5.74) is 2.14. The number of halogens is 1. The van der Waals surface area contributed by atoms with E-state index in [1.165, 1.54) is 11.0 Å². The predicted octanol–water partition coefficient (Wildman–Crippen LogP) is 5.07. The molecule has 0 fully saturated rings. The van der Waals surface area contributed by atoms with E-state index in [2.05, 4.69) is 5.32 Å². The topological polar surface area (TPSA) is 58.6 Å². The Morgan fingerprint density at radius 3 is 2.31 bits per heavy atom. The van der Waals surface area contributed by atoms with Crippen LogP contribution in [0.1, 0.15) is 37.0 Å². The molecule has 5 nitrogen and oxygen atoms in total. The van der Waals surface area contributed by atoms with Crippen molar-refractivity contribution in [1.29, 1.82) is 0 Å². The normalized spacial score (nSPS) is 12.5. The highest BCUT2D eigenvalue weighted by molar-refractivity contribution is 5.88. The summed E-state index contributed by atoms with van der Waals surface area (Å²) in [6.07, 6.45) is 1.05. The smallest absolute Gasteiger partial charge is 0.261 e. The third-order valence-corrected chi connectivity index (χ3v) is 6.02. The van der Waals surface area contributed by atoms with Crippen LogP contribution in [0, 0.1) is 12.7 Å². The van der Waals surface area contributed by atoms with Crippen LogP contribution < -0.4 is 10.1 Å². The molecule has 0 spiro atoms. The molecular weight excluding hydrogens is 443 g/mol. The molecule has 35 heavy (non-hydrogen) atoms. The summed E-state index contributed by atoms with van der Waals surface area (Å²) in [5, 5.41) is 3.00. The Bertz CT molecular complexity index is 1120. The second kappa shape index (κ2) is 12.7. The van der Waals surface area contributed by atoms with Crippen LogP contribution in [0.5, 0.6) is 5.75 Å². The second-order valence-electron chi connectivity index (χ2n) is 8.69. The lowest BCUT2D eigenvalue weighted by Crippen LogP contribution is -2.53. The van der Waals surface area contributed by atoms with E-state index in [9.17, 15) is 14.0 Å². The van der Waals surface area contributed by atoms with Gasteiger partial charge in [0, 0.05) is 24.6 Å². The predicted molar refractivity (Wildman–Crippen MR) is 135 cm³/mol. The number of para-hydroxylation sites is 1. The monoisotopic (exact) mass is 476 g/mol. The zero-order valence-corrected chi connectivity index (χ0v) is 20.5. The van der Waals surface area contributed by atoms with Gasteiger partial charge in [0.2, 0.25) is 5.91 Å². The van der Waals surface area contributed by atoms with Gasteiger partial charge in [0.05, 0.1) is 0 Å². The summed E-state index contributed by atoms with van der Waals surface area (Å²) in [6, 6.07) is 22.3. The first-order valence-electron chi connectivity index (χ1n) is 11.9. The standard InChI is InChI=1S/C29H33FN2O3/c1-4-22(3)31-29(34)26(18-23-13-6-5-7-14-23)32(19-24-15-9-10-16-25(24)30)28(33)20-35-27-17-11-8-12-21(27)2/h5-17,22,26H,4,18-20H2,1-3H3,(H,31,34)/t22-,26-/m0/s1. The van der Waals surface area contributed by atoms with Crippen LogP contribution in [0.4, 0.5) is 4.39 Å². The number of ether oxygens (including phenoxy) is 1. The summed E-state index contributed by atoms with van der Waals surface area (Å²) < 4.78 is 20.4. The van der Waals surface area contributed by atoms with Gasteiger partial charge in [-0.2, -0.15) is 0 Å². The Kier molecular flexibility index (Phi) is 9.41. The largest absolute Gasteiger partial charge is 0.484 e. The lowest BCUT2D eigenvalue weighted by atomic mass is 10.0. The van der Waals surface area contributed by atoms with Crippen LogP contribution in [0.2, 0.25) is 0 Å². The van der Waals surface area contributed by atoms with Crippen molar-refractivity contribution in [1.82, 2.24) is 10.2 Å². The zero-order chi connectivity index (χ0) is 25.2. The van der Waals surface area contributed by atoms with Crippen molar-refractivity contribution in [3.8, 4) is 5.75 Å². The summed E-state index contributed by atoms with van der Waals surface area (Å²) in [7, 11) is 0. The lowest BCUT2D eigenvalue weighted by Gasteiger charge is -2.32. The van der Waals surface area contributed by atoms with Gasteiger partial charge in [-0.3, -0.25) is 9.59 Å². The first-order chi connectivity index (χ1) is 16.9. The fraction of sp³-hybridized carbons (Fsp3) is 0.310. The van der Waals surface area contributed by atoms with Crippen LogP contribution in [-0.4, -0.2) is 35.4 Å². The highest BCUT2D eigenvalue weighted by Gasteiger charge is 2.31. The van der Waals surface area contributed by atoms with E-state index in [0.29, 0.717) is 17.7 Å². The molecule has 2 atom stereocenters. The molecule has 0 saturated carbocycles. The number of hydrogen-bond donors (Lipinski definition) is 1. The molecule has 3 rings (SSSR count). The fourth-order valence-electron chi connectivity index (χ4n) is 3.75. The van der Waals surface area contributed by atoms with E-state index < -0.39 is 17.8 Å². The van der Waals surface area contributed by atoms with E-state index in [0.717, 1.165) is 17.5 Å². The van der Waals surface area contributed by atoms with Crippen molar-refractivity contribution < 1.29 is 18.7 Å². The second-order valence-corrected chi connectivity index (χ2v) is 8.69. The molecule has 6 heteroatoms. The van der Waals surface area contributed by atoms with Gasteiger partial charge >= 0.3 is 0 Å². The molecule has 0 heterocycles. The van der Waals surface area contributed by atoms with E-state index >= 15 is 0 Å². The summed E-state index contributed by atoms with van der Waals surface area (Å²) >= 11 is 0. The van der Waals surface area contributed by atoms with E-state index in [-0.39, 0.29) is 25.1 Å². The molecule has 0 saturated heterocycles. The highest BCUT2D eigenvalue weighted by atomic mass is 19.1. The minimum absolute atomic E-state index is 0.0476. The van der Waals surface area contributed by atoms with Crippen molar-refractivity contribution in [2.24, 2.45) is 0 Å². The van der Waals surface area contributed by atoms with Gasteiger partial charge in [0.25, 0.3) is 5.91 Å². The van der Waals surface area contributed by atoms with E-state index in [4.69, 9.17) is 4.74 Å². The number of amides is 2. The number of nitrogens with one attached hydrogen (secondary N) is 1. The van der Waals surface area contributed by atoms with Crippen molar-refractivity contribution in [2.45, 2.75) is 52.2 Å². The molecule has 0 aliphatic heterocycles. The van der Waals surface area contributed by atoms with Crippen molar-refractivity contribution in [2.75, 3.05) is 6.61 Å². The van der Waals surface area contributed by atoms with Crippen LogP contribution in [0.3, 0.4) is 0 Å². The lowest BCUT2D eigenvalue weighted by molar-refractivity contribution is -0.143. The van der Waals surface area contributed by atoms with Crippen molar-refractivity contribution in [3.63, 3.8) is 0 Å². The molecule has 0 bridgehead atoms. The fourth-order valence-corrected chi connectivity index (χ4v) is 3.75. The maximum atomic E-state index is 14.6. The average molecular weight is 477 g/mol. The van der Waals surface area contributed by atoms with Gasteiger partial charge in [-0.05, 0) is 43.5 Å². The van der Waals surface area contributed by atoms with Crippen molar-refractivity contribution in [3.05, 3.63) is 101 Å². The molecule has 2 amide bonds. The molecule has 184 valence electrons. The molecule has 0 radical (unpaired) electrons. The SMILES string of the molecule is CC[C@H](C)NC(=O)[C@H](Cc1ccccc1)N(Cc1ccccc1F)C(=O)COc1ccccc1C. The van der Waals surface area contributed by atoms with Gasteiger partial charge < -0.3 is 15.0 Å². The summed E-state index contributed by atoms with van der Waals surface area (Å²) in [4.78, 5) is 28.4. The molecule has 0 unspecified atom stereocenters. The quantitative estimate of drug-likeness (QED) is 0.421. The Hall–Kier alpha value is -3.67. The number of benzene rings is 3. The van der Waals surface area contributed by atoms with Gasteiger partial charge in [0.15, 0.2) is 6.61 Å². The maximum absolute atomic E-state index is 14.6. The Morgan fingerprint density at radius 1 is 0.971 bits per heavy atom. The third-order valence-electron chi connectivity index (χ3n) is 6.02. The number of rotatable bonds is 11. The molecule has 3 aromatic rings. The molecule has 3 aromatic carbocycles. The number of carbonyl (C=O) groups excluding carboxylic acids is 2. The molecule has 0 aliphatic rings. The molecule has 1 N–H and O–H groups in total. The summed E-state index contributed by atoms with van der Waals surface area (Å²) in [5.74, 6) is -0.498. The number of aryl methyl sites for hydroxylation is 1. The van der Waals surface area contributed by atoms with Gasteiger partial charge in [0.1, 0.15) is 17.6 Å². The molecular formula is C29H33FN2O3. The van der Waals surface area contributed by atoms with Gasteiger partial charge in [-0.25, -0.2) is 4.39 Å². The number of hydrogen-bond acceptors (Lipinski definition) is 3. The van der Waals surface area contributed by atoms with E-state index in [1.807, 2.05) is 69.3 Å². The van der Waals surface area contributed by atoms with Crippen LogP contribution in [0.25, 0.3) is 0 Å². The molecule has 0 aromatic heterocycles. The van der Waals surface area contributed by atoms with Crippen LogP contribution >= 0.6 is 0 Å². The zero-order valence-electron chi connectivity index (χ0n) is 20.5. The Labute approximate surface area is 206 Å². The average Bonchev–Trinajstić information content (AvgIpc) is 2.87. The minimum atomic E-state index is -0.834. The van der Waals surface area contributed by atoms with E-state index in [1.54, 1.807) is 24.3 Å².